The van der Waals surface area contributed by atoms with Crippen molar-refractivity contribution in [3.63, 3.8) is 0 Å². The fourth-order valence-corrected chi connectivity index (χ4v) is 2.63. The predicted octanol–water partition coefficient (Wildman–Crippen LogP) is 4.05. The Morgan fingerprint density at radius 3 is 2.20 bits per heavy atom. The molecule has 0 aliphatic rings. The van der Waals surface area contributed by atoms with E-state index >= 15 is 0 Å². The average Bonchev–Trinajstić information content (AvgIpc) is 2.49. The van der Waals surface area contributed by atoms with E-state index in [0.29, 0.717) is 0 Å². The zero-order valence-corrected chi connectivity index (χ0v) is 12.2. The Balaban J connectivity index is 2.61. The molecule has 2 heteroatoms. The summed E-state index contributed by atoms with van der Waals surface area (Å²) < 4.78 is 5.47. The monoisotopic (exact) mass is 268 g/mol. The molecule has 0 aliphatic carbocycles. The molecule has 0 heterocycles. The molecule has 0 saturated heterocycles. The molecule has 0 bridgehead atoms. The smallest absolute Gasteiger partial charge is 0.126 e. The minimum Gasteiger partial charge on any atom is -0.496 e. The topological polar surface area (TPSA) is 26.3 Å². The third-order valence-corrected chi connectivity index (χ3v) is 3.63. The number of para-hydroxylation sites is 1. The van der Waals surface area contributed by atoms with Gasteiger partial charge < -0.3 is 9.53 Å². The maximum absolute atomic E-state index is 11.6. The van der Waals surface area contributed by atoms with Crippen molar-refractivity contribution < 1.29 is 9.53 Å². The summed E-state index contributed by atoms with van der Waals surface area (Å²) in [6, 6.07) is 18.0. The molecule has 0 saturated carbocycles. The fraction of sp³-hybridized carbons (Fsp3) is 0.278. The molecule has 0 radical (unpaired) electrons. The van der Waals surface area contributed by atoms with Gasteiger partial charge in [-0.3, -0.25) is 0 Å². The van der Waals surface area contributed by atoms with Gasteiger partial charge >= 0.3 is 0 Å². The van der Waals surface area contributed by atoms with Crippen molar-refractivity contribution in [3.8, 4) is 5.75 Å². The van der Waals surface area contributed by atoms with E-state index in [2.05, 4.69) is 12.1 Å². The highest BCUT2D eigenvalue weighted by atomic mass is 16.5. The third kappa shape index (κ3) is 2.74. The van der Waals surface area contributed by atoms with Crippen molar-refractivity contribution >= 4 is 6.29 Å². The van der Waals surface area contributed by atoms with Crippen LogP contribution < -0.4 is 4.74 Å². The second kappa shape index (κ2) is 5.91. The quantitative estimate of drug-likeness (QED) is 0.765. The first kappa shape index (κ1) is 14.3. The number of carbonyl (C=O) groups excluding carboxylic acids is 1. The van der Waals surface area contributed by atoms with E-state index in [4.69, 9.17) is 4.74 Å². The first-order valence-corrected chi connectivity index (χ1v) is 6.74. The first-order chi connectivity index (χ1) is 9.60. The molecule has 0 aromatic heterocycles. The van der Waals surface area contributed by atoms with Crippen LogP contribution in [0.15, 0.2) is 54.6 Å². The van der Waals surface area contributed by atoms with Gasteiger partial charge in [0.1, 0.15) is 12.0 Å². The van der Waals surface area contributed by atoms with E-state index in [1.807, 2.05) is 56.3 Å². The van der Waals surface area contributed by atoms with Crippen molar-refractivity contribution in [2.45, 2.75) is 19.8 Å². The van der Waals surface area contributed by atoms with Crippen molar-refractivity contribution in [2.24, 2.45) is 5.41 Å². The summed E-state index contributed by atoms with van der Waals surface area (Å²) in [4.78, 5) is 11.6. The maximum atomic E-state index is 11.6. The Labute approximate surface area is 120 Å². The van der Waals surface area contributed by atoms with Crippen molar-refractivity contribution in [2.75, 3.05) is 7.11 Å². The third-order valence-electron chi connectivity index (χ3n) is 3.63. The van der Waals surface area contributed by atoms with E-state index in [9.17, 15) is 4.79 Å². The van der Waals surface area contributed by atoms with Gasteiger partial charge in [-0.05, 0) is 11.6 Å². The minimum atomic E-state index is -0.504. The molecule has 0 amide bonds. The maximum Gasteiger partial charge on any atom is 0.126 e. The molecule has 1 unspecified atom stereocenters. The summed E-state index contributed by atoms with van der Waals surface area (Å²) in [6.45, 7) is 3.92. The van der Waals surface area contributed by atoms with Gasteiger partial charge in [0, 0.05) is 16.9 Å². The number of hydrogen-bond donors (Lipinski definition) is 0. The first-order valence-electron chi connectivity index (χ1n) is 6.74. The van der Waals surface area contributed by atoms with Gasteiger partial charge in [0.2, 0.25) is 0 Å². The molecular formula is C18H20O2. The standard InChI is InChI=1S/C18H20O2/c1-18(2,13-19)17(14-9-5-4-6-10-14)15-11-7-8-12-16(15)20-3/h4-13,17H,1-3H3. The number of carbonyl (C=O) groups is 1. The zero-order chi connectivity index (χ0) is 14.6. The van der Waals surface area contributed by atoms with Crippen molar-refractivity contribution in [1.82, 2.24) is 0 Å². The minimum absolute atomic E-state index is 0.0302. The summed E-state index contributed by atoms with van der Waals surface area (Å²) >= 11 is 0. The van der Waals surface area contributed by atoms with E-state index in [-0.39, 0.29) is 5.92 Å². The summed E-state index contributed by atoms with van der Waals surface area (Å²) in [5.74, 6) is 0.786. The van der Waals surface area contributed by atoms with E-state index < -0.39 is 5.41 Å². The second-order valence-electron chi connectivity index (χ2n) is 5.52. The number of benzene rings is 2. The van der Waals surface area contributed by atoms with E-state index in [1.54, 1.807) is 7.11 Å². The molecule has 1 atom stereocenters. The van der Waals surface area contributed by atoms with Crippen LogP contribution in [-0.2, 0) is 4.79 Å². The lowest BCUT2D eigenvalue weighted by molar-refractivity contribution is -0.115. The van der Waals surface area contributed by atoms with Gasteiger partial charge in [-0.2, -0.15) is 0 Å². The Bertz CT molecular complexity index is 573. The number of aldehydes is 1. The lowest BCUT2D eigenvalue weighted by atomic mass is 9.72. The van der Waals surface area contributed by atoms with Crippen LogP contribution in [0.25, 0.3) is 0 Å². The second-order valence-corrected chi connectivity index (χ2v) is 5.52. The SMILES string of the molecule is COc1ccccc1C(c1ccccc1)C(C)(C)C=O. The Morgan fingerprint density at radius 2 is 1.60 bits per heavy atom. The zero-order valence-electron chi connectivity index (χ0n) is 12.2. The summed E-state index contributed by atoms with van der Waals surface area (Å²) in [6.07, 6.45) is 1.02. The van der Waals surface area contributed by atoms with Crippen LogP contribution in [-0.4, -0.2) is 13.4 Å². The molecule has 0 fully saturated rings. The molecule has 0 spiro atoms. The molecule has 104 valence electrons. The van der Waals surface area contributed by atoms with Gasteiger partial charge in [-0.25, -0.2) is 0 Å². The van der Waals surface area contributed by atoms with Crippen LogP contribution in [0.1, 0.15) is 30.9 Å². The number of ether oxygens (including phenoxy) is 1. The number of rotatable bonds is 5. The van der Waals surface area contributed by atoms with Crippen LogP contribution in [0.2, 0.25) is 0 Å². The normalized spacial score (nSPS) is 12.8. The predicted molar refractivity (Wildman–Crippen MR) is 81.1 cm³/mol. The summed E-state index contributed by atoms with van der Waals surface area (Å²) in [5.41, 5.74) is 1.66. The van der Waals surface area contributed by atoms with Gasteiger partial charge in [0.25, 0.3) is 0 Å². The number of methoxy groups -OCH3 is 1. The fourth-order valence-electron chi connectivity index (χ4n) is 2.63. The van der Waals surface area contributed by atoms with Crippen LogP contribution in [0.4, 0.5) is 0 Å². The molecule has 0 N–H and O–H groups in total. The van der Waals surface area contributed by atoms with E-state index in [0.717, 1.165) is 23.2 Å². The van der Waals surface area contributed by atoms with Crippen LogP contribution in [0.5, 0.6) is 5.75 Å². The van der Waals surface area contributed by atoms with Gasteiger partial charge in [-0.15, -0.1) is 0 Å². The molecule has 0 aliphatic heterocycles. The van der Waals surface area contributed by atoms with E-state index in [1.165, 1.54) is 0 Å². The van der Waals surface area contributed by atoms with Crippen molar-refractivity contribution in [3.05, 3.63) is 65.7 Å². The highest BCUT2D eigenvalue weighted by molar-refractivity contribution is 5.63. The average molecular weight is 268 g/mol. The summed E-state index contributed by atoms with van der Waals surface area (Å²) in [7, 11) is 1.66. The van der Waals surface area contributed by atoms with Gasteiger partial charge in [-0.1, -0.05) is 62.4 Å². The van der Waals surface area contributed by atoms with Gasteiger partial charge in [0.05, 0.1) is 7.11 Å². The van der Waals surface area contributed by atoms with Crippen LogP contribution >= 0.6 is 0 Å². The van der Waals surface area contributed by atoms with Gasteiger partial charge in [0.15, 0.2) is 0 Å². The summed E-state index contributed by atoms with van der Waals surface area (Å²) in [5, 5.41) is 0. The Kier molecular flexibility index (Phi) is 4.23. The Morgan fingerprint density at radius 1 is 1.00 bits per heavy atom. The molecule has 2 rings (SSSR count). The molecule has 2 aromatic rings. The van der Waals surface area contributed by atoms with Crippen LogP contribution in [0.3, 0.4) is 0 Å². The molecule has 2 nitrogen and oxygen atoms in total. The Hall–Kier alpha value is -2.09. The van der Waals surface area contributed by atoms with Crippen LogP contribution in [0, 0.1) is 5.41 Å². The van der Waals surface area contributed by atoms with Crippen molar-refractivity contribution in [1.29, 1.82) is 0 Å². The lowest BCUT2D eigenvalue weighted by Gasteiger charge is -2.31. The largest absolute Gasteiger partial charge is 0.496 e. The molecule has 20 heavy (non-hydrogen) atoms. The number of hydrogen-bond acceptors (Lipinski definition) is 2. The highest BCUT2D eigenvalue weighted by Gasteiger charge is 2.33. The molecule has 2 aromatic carbocycles. The highest BCUT2D eigenvalue weighted by Crippen LogP contribution is 2.42. The molecular weight excluding hydrogens is 248 g/mol. The lowest BCUT2D eigenvalue weighted by Crippen LogP contribution is -2.25.